The third kappa shape index (κ3) is 3.44. The van der Waals surface area contributed by atoms with Crippen LogP contribution < -0.4 is 5.32 Å². The van der Waals surface area contributed by atoms with Gasteiger partial charge in [-0.3, -0.25) is 4.79 Å². The van der Waals surface area contributed by atoms with Gasteiger partial charge in [-0.05, 0) is 19.3 Å². The van der Waals surface area contributed by atoms with Crippen molar-refractivity contribution in [2.45, 2.75) is 43.0 Å². The van der Waals surface area contributed by atoms with Crippen LogP contribution in [0.3, 0.4) is 0 Å². The van der Waals surface area contributed by atoms with E-state index >= 15 is 0 Å². The molecule has 1 aliphatic heterocycles. The van der Waals surface area contributed by atoms with Gasteiger partial charge in [-0.25, -0.2) is 8.42 Å². The fourth-order valence-electron chi connectivity index (χ4n) is 2.55. The number of hydrogen-bond acceptors (Lipinski definition) is 3. The van der Waals surface area contributed by atoms with Gasteiger partial charge in [0.25, 0.3) is 0 Å². The highest BCUT2D eigenvalue weighted by atomic mass is 79.9. The Morgan fingerprint density at radius 2 is 1.88 bits per heavy atom. The lowest BCUT2D eigenvalue weighted by molar-refractivity contribution is -0.125. The van der Waals surface area contributed by atoms with Crippen LogP contribution in [-0.4, -0.2) is 36.7 Å². The highest BCUT2D eigenvalue weighted by Gasteiger charge is 2.34. The summed E-state index contributed by atoms with van der Waals surface area (Å²) in [6, 6.07) is 0.166. The van der Waals surface area contributed by atoms with E-state index < -0.39 is 9.84 Å². The summed E-state index contributed by atoms with van der Waals surface area (Å²) >= 11 is 3.58. The Morgan fingerprint density at radius 3 is 2.47 bits per heavy atom. The maximum absolute atomic E-state index is 12.0. The molecule has 1 aliphatic carbocycles. The Bertz CT molecular complexity index is 396. The average molecular weight is 324 g/mol. The second-order valence-electron chi connectivity index (χ2n) is 5.02. The molecule has 0 bridgehead atoms. The van der Waals surface area contributed by atoms with Gasteiger partial charge in [-0.15, -0.1) is 0 Å². The molecule has 0 radical (unpaired) electrons. The van der Waals surface area contributed by atoms with Gasteiger partial charge in [0.2, 0.25) is 5.91 Å². The summed E-state index contributed by atoms with van der Waals surface area (Å²) in [4.78, 5) is 12.3. The van der Waals surface area contributed by atoms with E-state index in [0.29, 0.717) is 11.2 Å². The van der Waals surface area contributed by atoms with Crippen LogP contribution in [-0.2, 0) is 14.6 Å². The number of halogens is 1. The number of nitrogens with one attached hydrogen (secondary N) is 1. The zero-order valence-electron chi connectivity index (χ0n) is 9.69. The smallest absolute Gasteiger partial charge is 0.224 e. The third-order valence-electron chi connectivity index (χ3n) is 3.61. The number of hydrogen-bond donors (Lipinski definition) is 1. The summed E-state index contributed by atoms with van der Waals surface area (Å²) < 4.78 is 22.6. The number of amides is 1. The van der Waals surface area contributed by atoms with Crippen molar-refractivity contribution in [3.63, 3.8) is 0 Å². The average Bonchev–Trinajstić information content (AvgIpc) is 2.62. The maximum Gasteiger partial charge on any atom is 0.224 e. The lowest BCUT2D eigenvalue weighted by Gasteiger charge is -2.29. The molecule has 6 heteroatoms. The molecule has 2 fully saturated rings. The summed E-state index contributed by atoms with van der Waals surface area (Å²) in [7, 11) is -2.97. The van der Waals surface area contributed by atoms with Gasteiger partial charge in [-0.1, -0.05) is 28.8 Å². The van der Waals surface area contributed by atoms with Crippen molar-refractivity contribution in [3.8, 4) is 0 Å². The first-order chi connectivity index (χ1) is 7.98. The SMILES string of the molecule is O=C(NC1CCCCC1Br)C1CCS(=O)(=O)C1. The molecule has 2 aliphatic rings. The molecule has 3 unspecified atom stereocenters. The predicted molar refractivity (Wildman–Crippen MR) is 69.9 cm³/mol. The molecule has 3 atom stereocenters. The first-order valence-corrected chi connectivity index (χ1v) is 8.86. The lowest BCUT2D eigenvalue weighted by atomic mass is 9.94. The van der Waals surface area contributed by atoms with E-state index in [4.69, 9.17) is 0 Å². The molecule has 1 N–H and O–H groups in total. The van der Waals surface area contributed by atoms with Gasteiger partial charge in [0.15, 0.2) is 9.84 Å². The second-order valence-corrected chi connectivity index (χ2v) is 8.42. The summed E-state index contributed by atoms with van der Waals surface area (Å²) in [5, 5.41) is 3.00. The zero-order valence-corrected chi connectivity index (χ0v) is 12.1. The molecular formula is C11H18BrNO3S. The topological polar surface area (TPSA) is 63.2 Å². The third-order valence-corrected chi connectivity index (χ3v) is 6.48. The van der Waals surface area contributed by atoms with Crippen LogP contribution in [0.15, 0.2) is 0 Å². The van der Waals surface area contributed by atoms with Crippen molar-refractivity contribution in [3.05, 3.63) is 0 Å². The highest BCUT2D eigenvalue weighted by molar-refractivity contribution is 9.09. The standard InChI is InChI=1S/C11H18BrNO3S/c12-9-3-1-2-4-10(9)13-11(14)8-5-6-17(15,16)7-8/h8-10H,1-7H2,(H,13,14). The molecule has 2 rings (SSSR count). The van der Waals surface area contributed by atoms with E-state index in [1.807, 2.05) is 0 Å². The normalized spacial score (nSPS) is 36.6. The summed E-state index contributed by atoms with van der Waals surface area (Å²) in [6.07, 6.45) is 4.87. The monoisotopic (exact) mass is 323 g/mol. The molecule has 0 aromatic rings. The van der Waals surface area contributed by atoms with Crippen LogP contribution >= 0.6 is 15.9 Å². The van der Waals surface area contributed by atoms with E-state index in [1.54, 1.807) is 0 Å². The number of sulfone groups is 1. The van der Waals surface area contributed by atoms with Gasteiger partial charge in [0.1, 0.15) is 0 Å². The van der Waals surface area contributed by atoms with Crippen molar-refractivity contribution >= 4 is 31.7 Å². The van der Waals surface area contributed by atoms with E-state index in [-0.39, 0.29) is 29.4 Å². The van der Waals surface area contributed by atoms with Gasteiger partial charge in [0, 0.05) is 10.9 Å². The zero-order chi connectivity index (χ0) is 12.5. The van der Waals surface area contributed by atoms with E-state index in [9.17, 15) is 13.2 Å². The Labute approximate surface area is 111 Å². The minimum atomic E-state index is -2.97. The molecule has 0 spiro atoms. The molecule has 98 valence electrons. The predicted octanol–water partition coefficient (Wildman–Crippen LogP) is 1.24. The molecule has 0 aromatic heterocycles. The molecule has 0 aromatic carbocycles. The molecule has 17 heavy (non-hydrogen) atoms. The quantitative estimate of drug-likeness (QED) is 0.778. The summed E-state index contributed by atoms with van der Waals surface area (Å²) in [5.74, 6) is -0.226. The van der Waals surface area contributed by atoms with Crippen molar-refractivity contribution < 1.29 is 13.2 Å². The molecule has 1 saturated carbocycles. The minimum Gasteiger partial charge on any atom is -0.352 e. The Morgan fingerprint density at radius 1 is 1.18 bits per heavy atom. The van der Waals surface area contributed by atoms with Crippen LogP contribution in [0.4, 0.5) is 0 Å². The first-order valence-electron chi connectivity index (χ1n) is 6.13. The van der Waals surface area contributed by atoms with Crippen molar-refractivity contribution in [1.82, 2.24) is 5.32 Å². The molecular weight excluding hydrogens is 306 g/mol. The maximum atomic E-state index is 12.0. The lowest BCUT2D eigenvalue weighted by Crippen LogP contribution is -2.45. The number of carbonyl (C=O) groups excluding carboxylic acids is 1. The van der Waals surface area contributed by atoms with E-state index in [1.165, 1.54) is 6.42 Å². The van der Waals surface area contributed by atoms with E-state index in [0.717, 1.165) is 19.3 Å². The van der Waals surface area contributed by atoms with Crippen LogP contribution in [0.25, 0.3) is 0 Å². The molecule has 4 nitrogen and oxygen atoms in total. The largest absolute Gasteiger partial charge is 0.352 e. The number of rotatable bonds is 2. The van der Waals surface area contributed by atoms with Gasteiger partial charge in [0.05, 0.1) is 17.4 Å². The first kappa shape index (κ1) is 13.3. The van der Waals surface area contributed by atoms with Gasteiger partial charge >= 0.3 is 0 Å². The van der Waals surface area contributed by atoms with Crippen LogP contribution in [0.5, 0.6) is 0 Å². The number of alkyl halides is 1. The Hall–Kier alpha value is -0.100. The summed E-state index contributed by atoms with van der Waals surface area (Å²) in [5.41, 5.74) is 0. The fraction of sp³-hybridized carbons (Fsp3) is 0.909. The fourth-order valence-corrected chi connectivity index (χ4v) is 5.01. The van der Waals surface area contributed by atoms with Gasteiger partial charge in [-0.2, -0.15) is 0 Å². The van der Waals surface area contributed by atoms with Crippen LogP contribution in [0.2, 0.25) is 0 Å². The molecule has 1 amide bonds. The van der Waals surface area contributed by atoms with Crippen LogP contribution in [0.1, 0.15) is 32.1 Å². The molecule has 1 saturated heterocycles. The Kier molecular flexibility index (Phi) is 4.13. The molecule has 1 heterocycles. The summed E-state index contributed by atoms with van der Waals surface area (Å²) in [6.45, 7) is 0. The minimum absolute atomic E-state index is 0.0263. The van der Waals surface area contributed by atoms with Gasteiger partial charge < -0.3 is 5.32 Å². The van der Waals surface area contributed by atoms with E-state index in [2.05, 4.69) is 21.2 Å². The Balaban J connectivity index is 1.89. The van der Waals surface area contributed by atoms with Crippen LogP contribution in [0, 0.1) is 5.92 Å². The van der Waals surface area contributed by atoms with Crippen molar-refractivity contribution in [1.29, 1.82) is 0 Å². The van der Waals surface area contributed by atoms with Crippen molar-refractivity contribution in [2.75, 3.05) is 11.5 Å². The number of carbonyl (C=O) groups is 1. The highest BCUT2D eigenvalue weighted by Crippen LogP contribution is 2.26. The van der Waals surface area contributed by atoms with Crippen molar-refractivity contribution in [2.24, 2.45) is 5.92 Å². The second kappa shape index (κ2) is 5.26.